The van der Waals surface area contributed by atoms with Crippen LogP contribution in [-0.2, 0) is 0 Å². The van der Waals surface area contributed by atoms with E-state index < -0.39 is 11.6 Å². The second kappa shape index (κ2) is 9.39. The molecule has 1 aliphatic heterocycles. The molecule has 0 radical (unpaired) electrons. The number of nitrogens with zero attached hydrogens (tertiary/aromatic N) is 2. The first-order valence-corrected chi connectivity index (χ1v) is 7.91. The van der Waals surface area contributed by atoms with Gasteiger partial charge in [0.1, 0.15) is 0 Å². The van der Waals surface area contributed by atoms with Crippen LogP contribution in [0, 0.1) is 17.6 Å². The Morgan fingerprint density at radius 3 is 2.52 bits per heavy atom. The maximum Gasteiger partial charge on any atom is 0.193 e. The van der Waals surface area contributed by atoms with Crippen LogP contribution in [0.5, 0.6) is 0 Å². The molecule has 1 unspecified atom stereocenters. The lowest BCUT2D eigenvalue weighted by atomic mass is 9.99. The minimum Gasteiger partial charge on any atom is -0.356 e. The zero-order valence-corrected chi connectivity index (χ0v) is 16.3. The van der Waals surface area contributed by atoms with E-state index in [9.17, 15) is 8.78 Å². The Bertz CT molecular complexity index is 529. The fourth-order valence-corrected chi connectivity index (χ4v) is 2.73. The third-order valence-corrected chi connectivity index (χ3v) is 4.37. The quantitative estimate of drug-likeness (QED) is 0.440. The van der Waals surface area contributed by atoms with E-state index >= 15 is 0 Å². The van der Waals surface area contributed by atoms with E-state index in [1.165, 1.54) is 25.0 Å². The second-order valence-electron chi connectivity index (χ2n) is 6.17. The van der Waals surface area contributed by atoms with E-state index in [0.717, 1.165) is 30.5 Å². The van der Waals surface area contributed by atoms with Crippen LogP contribution in [-0.4, -0.2) is 37.5 Å². The topological polar surface area (TPSA) is 27.6 Å². The Balaban J connectivity index is 0.00000264. The van der Waals surface area contributed by atoms with E-state index in [4.69, 9.17) is 0 Å². The number of benzene rings is 1. The second-order valence-corrected chi connectivity index (χ2v) is 6.17. The molecule has 1 fully saturated rings. The summed E-state index contributed by atoms with van der Waals surface area (Å²) >= 11 is 0. The van der Waals surface area contributed by atoms with Gasteiger partial charge < -0.3 is 10.2 Å². The standard InChI is InChI=1S/C17H25F2N3.HI/c1-12-6-8-22(9-7-12)17(20-3)21-11-13(2)14-4-5-15(18)16(19)10-14;/h4-5,10,12-13H,6-9,11H2,1-3H3,(H,20,21);1H. The molecule has 6 heteroatoms. The van der Waals surface area contributed by atoms with Gasteiger partial charge in [-0.2, -0.15) is 0 Å². The van der Waals surface area contributed by atoms with Gasteiger partial charge in [0.25, 0.3) is 0 Å². The lowest BCUT2D eigenvalue weighted by Gasteiger charge is -2.33. The number of halogens is 3. The molecule has 1 aromatic carbocycles. The summed E-state index contributed by atoms with van der Waals surface area (Å²) in [7, 11) is 1.78. The lowest BCUT2D eigenvalue weighted by Crippen LogP contribution is -2.46. The van der Waals surface area contributed by atoms with E-state index in [2.05, 4.69) is 22.1 Å². The fraction of sp³-hybridized carbons (Fsp3) is 0.588. The van der Waals surface area contributed by atoms with Crippen molar-refractivity contribution in [3.8, 4) is 0 Å². The van der Waals surface area contributed by atoms with Gasteiger partial charge in [-0.25, -0.2) is 8.78 Å². The molecule has 0 bridgehead atoms. The number of guanidine groups is 1. The van der Waals surface area contributed by atoms with Crippen LogP contribution in [0.1, 0.15) is 38.2 Å². The van der Waals surface area contributed by atoms with Crippen molar-refractivity contribution in [3.05, 3.63) is 35.4 Å². The van der Waals surface area contributed by atoms with Crippen molar-refractivity contribution in [1.82, 2.24) is 10.2 Å². The van der Waals surface area contributed by atoms with Gasteiger partial charge in [-0.15, -0.1) is 24.0 Å². The predicted molar refractivity (Wildman–Crippen MR) is 102 cm³/mol. The van der Waals surface area contributed by atoms with Crippen LogP contribution >= 0.6 is 24.0 Å². The third kappa shape index (κ3) is 5.58. The molecule has 0 spiro atoms. The number of hydrogen-bond donors (Lipinski definition) is 1. The molecule has 1 atom stereocenters. The maximum absolute atomic E-state index is 13.3. The highest BCUT2D eigenvalue weighted by molar-refractivity contribution is 14.0. The van der Waals surface area contributed by atoms with Crippen molar-refractivity contribution in [2.75, 3.05) is 26.7 Å². The number of rotatable bonds is 3. The number of likely N-dealkylation sites (tertiary alicyclic amines) is 1. The van der Waals surface area contributed by atoms with Gasteiger partial charge in [0.15, 0.2) is 17.6 Å². The average Bonchev–Trinajstić information content (AvgIpc) is 2.52. The van der Waals surface area contributed by atoms with Crippen LogP contribution in [0.15, 0.2) is 23.2 Å². The maximum atomic E-state index is 13.3. The predicted octanol–water partition coefficient (Wildman–Crippen LogP) is 3.99. The highest BCUT2D eigenvalue weighted by atomic mass is 127. The SMILES string of the molecule is CN=C(NCC(C)c1ccc(F)c(F)c1)N1CCC(C)CC1.I. The first kappa shape index (κ1) is 20.1. The Morgan fingerprint density at radius 1 is 1.30 bits per heavy atom. The zero-order chi connectivity index (χ0) is 16.1. The number of hydrogen-bond acceptors (Lipinski definition) is 1. The summed E-state index contributed by atoms with van der Waals surface area (Å²) in [6.45, 7) is 6.94. The Morgan fingerprint density at radius 2 is 1.96 bits per heavy atom. The average molecular weight is 437 g/mol. The van der Waals surface area contributed by atoms with Gasteiger partial charge in [-0.1, -0.05) is 19.9 Å². The van der Waals surface area contributed by atoms with Crippen molar-refractivity contribution in [2.24, 2.45) is 10.9 Å². The summed E-state index contributed by atoms with van der Waals surface area (Å²) in [6, 6.07) is 4.09. The van der Waals surface area contributed by atoms with Crippen LogP contribution in [0.3, 0.4) is 0 Å². The first-order chi connectivity index (χ1) is 10.5. The molecule has 1 N–H and O–H groups in total. The minimum absolute atomic E-state index is 0. The van der Waals surface area contributed by atoms with Crippen molar-refractivity contribution in [1.29, 1.82) is 0 Å². The summed E-state index contributed by atoms with van der Waals surface area (Å²) in [5.41, 5.74) is 0.786. The van der Waals surface area contributed by atoms with Gasteiger partial charge in [0.05, 0.1) is 0 Å². The van der Waals surface area contributed by atoms with E-state index in [1.807, 2.05) is 6.92 Å². The molecule has 130 valence electrons. The van der Waals surface area contributed by atoms with Gasteiger partial charge in [0, 0.05) is 26.7 Å². The third-order valence-electron chi connectivity index (χ3n) is 4.37. The van der Waals surface area contributed by atoms with Gasteiger partial charge in [-0.05, 0) is 42.4 Å². The van der Waals surface area contributed by atoms with Gasteiger partial charge in [-0.3, -0.25) is 4.99 Å². The largest absolute Gasteiger partial charge is 0.356 e. The Labute approximate surface area is 154 Å². The summed E-state index contributed by atoms with van der Waals surface area (Å²) in [4.78, 5) is 6.59. The van der Waals surface area contributed by atoms with Crippen molar-refractivity contribution in [2.45, 2.75) is 32.6 Å². The summed E-state index contributed by atoms with van der Waals surface area (Å²) in [5, 5.41) is 3.35. The van der Waals surface area contributed by atoms with E-state index in [0.29, 0.717) is 6.54 Å². The Hall–Kier alpha value is -0.920. The van der Waals surface area contributed by atoms with Crippen LogP contribution < -0.4 is 5.32 Å². The first-order valence-electron chi connectivity index (χ1n) is 7.91. The zero-order valence-electron chi connectivity index (χ0n) is 14.0. The van der Waals surface area contributed by atoms with Crippen molar-refractivity contribution < 1.29 is 8.78 Å². The molecular formula is C17H26F2IN3. The molecule has 1 heterocycles. The molecule has 0 saturated carbocycles. The fourth-order valence-electron chi connectivity index (χ4n) is 2.73. The molecule has 1 aromatic rings. The molecule has 0 aromatic heterocycles. The van der Waals surface area contributed by atoms with Crippen molar-refractivity contribution in [3.63, 3.8) is 0 Å². The number of piperidine rings is 1. The number of nitrogens with one attached hydrogen (secondary N) is 1. The number of aliphatic imine (C=N–C) groups is 1. The monoisotopic (exact) mass is 437 g/mol. The van der Waals surface area contributed by atoms with Crippen molar-refractivity contribution >= 4 is 29.9 Å². The molecule has 2 rings (SSSR count). The normalized spacial score (nSPS) is 17.6. The van der Waals surface area contributed by atoms with Crippen LogP contribution in [0.2, 0.25) is 0 Å². The molecule has 1 saturated heterocycles. The smallest absolute Gasteiger partial charge is 0.193 e. The lowest BCUT2D eigenvalue weighted by molar-refractivity contribution is 0.273. The molecule has 0 aliphatic carbocycles. The van der Waals surface area contributed by atoms with E-state index in [-0.39, 0.29) is 29.9 Å². The molecule has 0 amide bonds. The van der Waals surface area contributed by atoms with Crippen LogP contribution in [0.25, 0.3) is 0 Å². The highest BCUT2D eigenvalue weighted by Crippen LogP contribution is 2.18. The van der Waals surface area contributed by atoms with E-state index in [1.54, 1.807) is 13.1 Å². The van der Waals surface area contributed by atoms with Gasteiger partial charge in [0.2, 0.25) is 0 Å². The molecular weight excluding hydrogens is 411 g/mol. The summed E-state index contributed by atoms with van der Waals surface area (Å²) in [5.74, 6) is 0.147. The minimum atomic E-state index is -0.804. The summed E-state index contributed by atoms with van der Waals surface area (Å²) < 4.78 is 26.3. The molecule has 23 heavy (non-hydrogen) atoms. The van der Waals surface area contributed by atoms with Crippen LogP contribution in [0.4, 0.5) is 8.78 Å². The van der Waals surface area contributed by atoms with Gasteiger partial charge >= 0.3 is 0 Å². The molecule has 1 aliphatic rings. The highest BCUT2D eigenvalue weighted by Gasteiger charge is 2.19. The molecule has 3 nitrogen and oxygen atoms in total. The Kier molecular flexibility index (Phi) is 8.22. The summed E-state index contributed by atoms with van der Waals surface area (Å²) in [6.07, 6.45) is 2.36.